The van der Waals surface area contributed by atoms with Gasteiger partial charge in [0.15, 0.2) is 11.5 Å². The van der Waals surface area contributed by atoms with Crippen molar-refractivity contribution in [3.05, 3.63) is 65.2 Å². The highest BCUT2D eigenvalue weighted by molar-refractivity contribution is 6.31. The molecule has 1 aliphatic heterocycles. The summed E-state index contributed by atoms with van der Waals surface area (Å²) in [7, 11) is 1.42. The van der Waals surface area contributed by atoms with Crippen LogP contribution in [0, 0.1) is 0 Å². The van der Waals surface area contributed by atoms with Gasteiger partial charge in [0.25, 0.3) is 11.8 Å². The molecule has 1 N–H and O–H groups in total. The SMILES string of the molecule is CCCCN1C(=O)/C(=C\c2cccc(OC)c2O)C(=O)N(CCc2ccccc2)C1=O. The summed E-state index contributed by atoms with van der Waals surface area (Å²) in [6, 6.07) is 13.7. The van der Waals surface area contributed by atoms with E-state index in [1.807, 2.05) is 37.3 Å². The lowest BCUT2D eigenvalue weighted by atomic mass is 10.0. The molecule has 7 heteroatoms. The number of rotatable bonds is 8. The second-order valence-electron chi connectivity index (χ2n) is 7.24. The summed E-state index contributed by atoms with van der Waals surface area (Å²) in [5, 5.41) is 10.4. The number of benzene rings is 2. The molecule has 2 aromatic carbocycles. The first kappa shape index (κ1) is 22.1. The summed E-state index contributed by atoms with van der Waals surface area (Å²) in [6.45, 7) is 2.34. The first-order chi connectivity index (χ1) is 15.0. The second-order valence-corrected chi connectivity index (χ2v) is 7.24. The topological polar surface area (TPSA) is 87.2 Å². The van der Waals surface area contributed by atoms with Gasteiger partial charge in [0.1, 0.15) is 5.57 Å². The summed E-state index contributed by atoms with van der Waals surface area (Å²) >= 11 is 0. The number of ether oxygens (including phenoxy) is 1. The van der Waals surface area contributed by atoms with E-state index in [0.29, 0.717) is 12.8 Å². The number of nitrogens with zero attached hydrogens (tertiary/aromatic N) is 2. The standard InChI is InChI=1S/C24H26N2O5/c1-3-4-14-25-22(28)19(16-18-11-8-12-20(31-2)21(18)27)23(29)26(24(25)30)15-13-17-9-6-5-7-10-17/h5-12,16,27H,3-4,13-15H2,1-2H3/b19-16+. The number of imide groups is 2. The molecular formula is C24H26N2O5. The Bertz CT molecular complexity index is 1000. The minimum Gasteiger partial charge on any atom is -0.504 e. The summed E-state index contributed by atoms with van der Waals surface area (Å²) in [4.78, 5) is 41.3. The van der Waals surface area contributed by atoms with Crippen LogP contribution in [0.2, 0.25) is 0 Å². The molecule has 0 aromatic heterocycles. The minimum atomic E-state index is -0.666. The molecule has 1 fully saturated rings. The third kappa shape index (κ3) is 4.77. The number of hydrogen-bond acceptors (Lipinski definition) is 5. The average Bonchev–Trinajstić information content (AvgIpc) is 2.78. The summed E-state index contributed by atoms with van der Waals surface area (Å²) < 4.78 is 5.10. The Morgan fingerprint density at radius 3 is 2.26 bits per heavy atom. The maximum Gasteiger partial charge on any atom is 0.333 e. The van der Waals surface area contributed by atoms with Gasteiger partial charge < -0.3 is 9.84 Å². The number of phenolic OH excluding ortho intramolecular Hbond substituents is 1. The number of aromatic hydroxyl groups is 1. The fraction of sp³-hybridized carbons (Fsp3) is 0.292. The molecule has 0 atom stereocenters. The molecule has 0 unspecified atom stereocenters. The third-order valence-corrected chi connectivity index (χ3v) is 5.17. The molecule has 3 rings (SSSR count). The van der Waals surface area contributed by atoms with Crippen LogP contribution in [0.1, 0.15) is 30.9 Å². The number of hydrogen-bond donors (Lipinski definition) is 1. The van der Waals surface area contributed by atoms with E-state index in [-0.39, 0.29) is 35.7 Å². The molecule has 1 heterocycles. The van der Waals surface area contributed by atoms with Gasteiger partial charge in [-0.3, -0.25) is 19.4 Å². The van der Waals surface area contributed by atoms with E-state index in [9.17, 15) is 19.5 Å². The van der Waals surface area contributed by atoms with Crippen LogP contribution in [0.4, 0.5) is 4.79 Å². The van der Waals surface area contributed by atoms with Crippen molar-refractivity contribution in [1.82, 2.24) is 9.80 Å². The monoisotopic (exact) mass is 422 g/mol. The Morgan fingerprint density at radius 1 is 0.935 bits per heavy atom. The van der Waals surface area contributed by atoms with E-state index >= 15 is 0 Å². The van der Waals surface area contributed by atoms with Gasteiger partial charge in [-0.2, -0.15) is 0 Å². The third-order valence-electron chi connectivity index (χ3n) is 5.17. The van der Waals surface area contributed by atoms with Crippen molar-refractivity contribution in [2.45, 2.75) is 26.2 Å². The van der Waals surface area contributed by atoms with E-state index < -0.39 is 17.8 Å². The molecule has 1 aliphatic rings. The first-order valence-electron chi connectivity index (χ1n) is 10.3. The second kappa shape index (κ2) is 9.93. The van der Waals surface area contributed by atoms with Gasteiger partial charge in [0, 0.05) is 18.7 Å². The van der Waals surface area contributed by atoms with E-state index in [4.69, 9.17) is 4.74 Å². The van der Waals surface area contributed by atoms with Crippen molar-refractivity contribution in [3.63, 3.8) is 0 Å². The molecule has 31 heavy (non-hydrogen) atoms. The number of methoxy groups -OCH3 is 1. The molecule has 7 nitrogen and oxygen atoms in total. The average molecular weight is 422 g/mol. The first-order valence-corrected chi connectivity index (χ1v) is 10.3. The van der Waals surface area contributed by atoms with E-state index in [0.717, 1.165) is 21.8 Å². The number of amides is 4. The number of unbranched alkanes of at least 4 members (excludes halogenated alkanes) is 1. The number of phenols is 1. The predicted octanol–water partition coefficient (Wildman–Crippen LogP) is 3.62. The molecule has 0 bridgehead atoms. The van der Waals surface area contributed by atoms with Gasteiger partial charge in [-0.25, -0.2) is 4.79 Å². The van der Waals surface area contributed by atoms with Crippen LogP contribution in [0.25, 0.3) is 6.08 Å². The van der Waals surface area contributed by atoms with Crippen molar-refractivity contribution in [3.8, 4) is 11.5 Å². The zero-order valence-electron chi connectivity index (χ0n) is 17.7. The Hall–Kier alpha value is -3.61. The molecular weight excluding hydrogens is 396 g/mol. The molecule has 4 amide bonds. The Labute approximate surface area is 181 Å². The highest BCUT2D eigenvalue weighted by atomic mass is 16.5. The number of carbonyl (C=O) groups is 3. The van der Waals surface area contributed by atoms with Crippen LogP contribution in [-0.4, -0.2) is 53.0 Å². The lowest BCUT2D eigenvalue weighted by Crippen LogP contribution is -2.56. The largest absolute Gasteiger partial charge is 0.504 e. The van der Waals surface area contributed by atoms with Gasteiger partial charge in [-0.05, 0) is 30.5 Å². The van der Waals surface area contributed by atoms with Crippen molar-refractivity contribution in [2.75, 3.05) is 20.2 Å². The van der Waals surface area contributed by atoms with Gasteiger partial charge >= 0.3 is 6.03 Å². The molecule has 0 saturated carbocycles. The van der Waals surface area contributed by atoms with Gasteiger partial charge in [-0.15, -0.1) is 0 Å². The molecule has 1 saturated heterocycles. The quantitative estimate of drug-likeness (QED) is 0.519. The fourth-order valence-corrected chi connectivity index (χ4v) is 3.40. The number of para-hydroxylation sites is 1. The van der Waals surface area contributed by atoms with Crippen LogP contribution < -0.4 is 4.74 Å². The minimum absolute atomic E-state index is 0.152. The highest BCUT2D eigenvalue weighted by Gasteiger charge is 2.41. The van der Waals surface area contributed by atoms with Crippen LogP contribution in [0.3, 0.4) is 0 Å². The maximum absolute atomic E-state index is 13.1. The lowest BCUT2D eigenvalue weighted by molar-refractivity contribution is -0.135. The predicted molar refractivity (Wildman–Crippen MR) is 117 cm³/mol. The molecule has 2 aromatic rings. The van der Waals surface area contributed by atoms with Crippen LogP contribution in [0.5, 0.6) is 11.5 Å². The summed E-state index contributed by atoms with van der Waals surface area (Å²) in [5.74, 6) is -1.27. The van der Waals surface area contributed by atoms with Crippen LogP contribution in [-0.2, 0) is 16.0 Å². The Kier molecular flexibility index (Phi) is 7.07. The molecule has 162 valence electrons. The number of urea groups is 1. The van der Waals surface area contributed by atoms with Crippen molar-refractivity contribution < 1.29 is 24.2 Å². The smallest absolute Gasteiger partial charge is 0.333 e. The van der Waals surface area contributed by atoms with Crippen molar-refractivity contribution >= 4 is 23.9 Å². The maximum atomic E-state index is 13.1. The van der Waals surface area contributed by atoms with E-state index in [1.54, 1.807) is 18.2 Å². The Balaban J connectivity index is 1.96. The molecule has 0 spiro atoms. The lowest BCUT2D eigenvalue weighted by Gasteiger charge is -2.34. The molecule has 0 aliphatic carbocycles. The van der Waals surface area contributed by atoms with Gasteiger partial charge in [-0.1, -0.05) is 55.8 Å². The zero-order valence-corrected chi connectivity index (χ0v) is 17.7. The van der Waals surface area contributed by atoms with Crippen LogP contribution in [0.15, 0.2) is 54.1 Å². The van der Waals surface area contributed by atoms with E-state index in [1.165, 1.54) is 13.2 Å². The highest BCUT2D eigenvalue weighted by Crippen LogP contribution is 2.32. The van der Waals surface area contributed by atoms with Crippen molar-refractivity contribution in [1.29, 1.82) is 0 Å². The number of barbiturate groups is 1. The fourth-order valence-electron chi connectivity index (χ4n) is 3.40. The number of carbonyl (C=O) groups excluding carboxylic acids is 3. The Morgan fingerprint density at radius 2 is 1.61 bits per heavy atom. The van der Waals surface area contributed by atoms with Crippen molar-refractivity contribution in [2.24, 2.45) is 0 Å². The van der Waals surface area contributed by atoms with Gasteiger partial charge in [0.05, 0.1) is 7.11 Å². The van der Waals surface area contributed by atoms with Gasteiger partial charge in [0.2, 0.25) is 0 Å². The summed E-state index contributed by atoms with van der Waals surface area (Å²) in [5.41, 5.74) is 1.09. The van der Waals surface area contributed by atoms with E-state index in [2.05, 4.69) is 0 Å². The normalized spacial score (nSPS) is 15.7. The zero-order chi connectivity index (χ0) is 22.4. The molecule has 0 radical (unpaired) electrons. The summed E-state index contributed by atoms with van der Waals surface area (Å²) in [6.07, 6.45) is 3.23. The van der Waals surface area contributed by atoms with Crippen LogP contribution >= 0.6 is 0 Å².